The van der Waals surface area contributed by atoms with Crippen molar-refractivity contribution in [1.82, 2.24) is 0 Å². The third kappa shape index (κ3) is 4.99. The Labute approximate surface area is 107 Å². The number of ether oxygens (including phenoxy) is 1. The van der Waals surface area contributed by atoms with Gasteiger partial charge in [0.05, 0.1) is 6.61 Å². The molecule has 1 rings (SSSR count). The Hall–Kier alpha value is -0.540. The topological polar surface area (TPSA) is 21.3 Å². The van der Waals surface area contributed by atoms with Gasteiger partial charge in [-0.3, -0.25) is 0 Å². The Kier molecular flexibility index (Phi) is 5.85. The fraction of sp³-hybridized carbons (Fsp3) is 0.538. The summed E-state index contributed by atoms with van der Waals surface area (Å²) in [4.78, 5) is 0. The van der Waals surface area contributed by atoms with Crippen molar-refractivity contribution in [2.45, 2.75) is 20.8 Å². The molecular formula is C13H20BrNO. The second-order valence-electron chi connectivity index (χ2n) is 4.35. The molecule has 0 saturated carbocycles. The molecule has 2 nitrogen and oxygen atoms in total. The van der Waals surface area contributed by atoms with E-state index in [1.807, 2.05) is 6.07 Å². The smallest absolute Gasteiger partial charge is 0.0639 e. The summed E-state index contributed by atoms with van der Waals surface area (Å²) in [6, 6.07) is 6.24. The Bertz CT molecular complexity index is 326. The molecule has 3 heteroatoms. The van der Waals surface area contributed by atoms with Crippen LogP contribution in [0.25, 0.3) is 0 Å². The van der Waals surface area contributed by atoms with Crippen LogP contribution >= 0.6 is 15.9 Å². The SMILES string of the molecule is Cc1cc(Br)ccc1NCCOCC(C)C. The lowest BCUT2D eigenvalue weighted by Crippen LogP contribution is -2.12. The van der Waals surface area contributed by atoms with Gasteiger partial charge in [0.2, 0.25) is 0 Å². The average molecular weight is 286 g/mol. The third-order valence-electron chi connectivity index (χ3n) is 2.20. The van der Waals surface area contributed by atoms with E-state index in [4.69, 9.17) is 4.74 Å². The summed E-state index contributed by atoms with van der Waals surface area (Å²) < 4.78 is 6.63. The van der Waals surface area contributed by atoms with Gasteiger partial charge in [-0.05, 0) is 36.6 Å². The number of nitrogens with one attached hydrogen (secondary N) is 1. The lowest BCUT2D eigenvalue weighted by Gasteiger charge is -2.11. The summed E-state index contributed by atoms with van der Waals surface area (Å²) in [6.07, 6.45) is 0. The number of hydrogen-bond acceptors (Lipinski definition) is 2. The minimum Gasteiger partial charge on any atom is -0.383 e. The molecule has 0 heterocycles. The van der Waals surface area contributed by atoms with Crippen LogP contribution < -0.4 is 5.32 Å². The molecule has 0 bridgehead atoms. The van der Waals surface area contributed by atoms with Crippen LogP contribution in [0.4, 0.5) is 5.69 Å². The summed E-state index contributed by atoms with van der Waals surface area (Å²) in [5, 5.41) is 3.37. The predicted octanol–water partition coefficient (Wildman–Crippen LogP) is 3.84. The second-order valence-corrected chi connectivity index (χ2v) is 5.27. The molecule has 0 saturated heterocycles. The zero-order valence-electron chi connectivity index (χ0n) is 10.2. The number of aryl methyl sites for hydroxylation is 1. The summed E-state index contributed by atoms with van der Waals surface area (Å²) in [5.41, 5.74) is 2.43. The van der Waals surface area contributed by atoms with Crippen molar-refractivity contribution in [3.63, 3.8) is 0 Å². The minimum absolute atomic E-state index is 0.606. The fourth-order valence-corrected chi connectivity index (χ4v) is 1.88. The number of benzene rings is 1. The Morgan fingerprint density at radius 3 is 2.75 bits per heavy atom. The normalized spacial score (nSPS) is 10.8. The molecule has 0 amide bonds. The highest BCUT2D eigenvalue weighted by Crippen LogP contribution is 2.19. The van der Waals surface area contributed by atoms with Crippen LogP contribution in [0.1, 0.15) is 19.4 Å². The van der Waals surface area contributed by atoms with E-state index in [1.54, 1.807) is 0 Å². The summed E-state index contributed by atoms with van der Waals surface area (Å²) in [7, 11) is 0. The summed E-state index contributed by atoms with van der Waals surface area (Å²) >= 11 is 3.45. The maximum Gasteiger partial charge on any atom is 0.0639 e. The van der Waals surface area contributed by atoms with E-state index in [1.165, 1.54) is 11.3 Å². The van der Waals surface area contributed by atoms with Crippen molar-refractivity contribution in [3.05, 3.63) is 28.2 Å². The quantitative estimate of drug-likeness (QED) is 0.802. The first-order chi connectivity index (χ1) is 7.59. The van der Waals surface area contributed by atoms with Crippen LogP contribution in [0, 0.1) is 12.8 Å². The average Bonchev–Trinajstić information content (AvgIpc) is 2.20. The maximum atomic E-state index is 5.51. The highest BCUT2D eigenvalue weighted by Gasteiger charge is 1.98. The summed E-state index contributed by atoms with van der Waals surface area (Å²) in [6.45, 7) is 8.87. The van der Waals surface area contributed by atoms with Crippen LogP contribution in [-0.4, -0.2) is 19.8 Å². The first-order valence-corrected chi connectivity index (χ1v) is 6.46. The monoisotopic (exact) mass is 285 g/mol. The molecule has 1 N–H and O–H groups in total. The van der Waals surface area contributed by atoms with Crippen molar-refractivity contribution in [1.29, 1.82) is 0 Å². The molecule has 0 aromatic heterocycles. The first-order valence-electron chi connectivity index (χ1n) is 5.67. The van der Waals surface area contributed by atoms with Crippen LogP contribution in [0.2, 0.25) is 0 Å². The molecule has 0 aliphatic heterocycles. The van der Waals surface area contributed by atoms with Crippen molar-refractivity contribution >= 4 is 21.6 Å². The third-order valence-corrected chi connectivity index (χ3v) is 2.69. The molecule has 1 aromatic rings. The van der Waals surface area contributed by atoms with Crippen LogP contribution in [0.5, 0.6) is 0 Å². The van der Waals surface area contributed by atoms with E-state index in [-0.39, 0.29) is 0 Å². The van der Waals surface area contributed by atoms with Gasteiger partial charge >= 0.3 is 0 Å². The van der Waals surface area contributed by atoms with Gasteiger partial charge in [0.1, 0.15) is 0 Å². The van der Waals surface area contributed by atoms with Gasteiger partial charge in [-0.2, -0.15) is 0 Å². The van der Waals surface area contributed by atoms with Crippen molar-refractivity contribution < 1.29 is 4.74 Å². The zero-order valence-corrected chi connectivity index (χ0v) is 11.8. The highest BCUT2D eigenvalue weighted by atomic mass is 79.9. The van der Waals surface area contributed by atoms with Gasteiger partial charge in [-0.15, -0.1) is 0 Å². The first kappa shape index (κ1) is 13.5. The number of anilines is 1. The van der Waals surface area contributed by atoms with Crippen molar-refractivity contribution in [2.75, 3.05) is 25.1 Å². The van der Waals surface area contributed by atoms with Gasteiger partial charge < -0.3 is 10.1 Å². The van der Waals surface area contributed by atoms with Crippen molar-refractivity contribution in [2.24, 2.45) is 5.92 Å². The molecule has 0 unspecified atom stereocenters. The molecular weight excluding hydrogens is 266 g/mol. The largest absolute Gasteiger partial charge is 0.383 e. The highest BCUT2D eigenvalue weighted by molar-refractivity contribution is 9.10. The number of hydrogen-bond donors (Lipinski definition) is 1. The number of rotatable bonds is 6. The number of halogens is 1. The van der Waals surface area contributed by atoms with Crippen LogP contribution in [0.3, 0.4) is 0 Å². The molecule has 0 radical (unpaired) electrons. The van der Waals surface area contributed by atoms with E-state index in [2.05, 4.69) is 54.2 Å². The van der Waals surface area contributed by atoms with E-state index >= 15 is 0 Å². The standard InChI is InChI=1S/C13H20BrNO/c1-10(2)9-16-7-6-15-13-5-4-12(14)8-11(13)3/h4-5,8,10,15H,6-7,9H2,1-3H3. The second kappa shape index (κ2) is 6.92. The molecule has 16 heavy (non-hydrogen) atoms. The van der Waals surface area contributed by atoms with Crippen molar-refractivity contribution in [3.8, 4) is 0 Å². The Balaban J connectivity index is 2.27. The zero-order chi connectivity index (χ0) is 12.0. The van der Waals surface area contributed by atoms with E-state index in [0.29, 0.717) is 5.92 Å². The van der Waals surface area contributed by atoms with Gasteiger partial charge in [-0.1, -0.05) is 29.8 Å². The predicted molar refractivity (Wildman–Crippen MR) is 73.0 cm³/mol. The molecule has 0 aliphatic rings. The molecule has 1 aromatic carbocycles. The Morgan fingerprint density at radius 2 is 2.12 bits per heavy atom. The van der Waals surface area contributed by atoms with Crippen LogP contribution in [0.15, 0.2) is 22.7 Å². The van der Waals surface area contributed by atoms with Crippen LogP contribution in [-0.2, 0) is 4.74 Å². The van der Waals surface area contributed by atoms with E-state index in [9.17, 15) is 0 Å². The summed E-state index contributed by atoms with van der Waals surface area (Å²) in [5.74, 6) is 0.606. The fourth-order valence-electron chi connectivity index (χ4n) is 1.40. The van der Waals surface area contributed by atoms with Gasteiger partial charge in [0.15, 0.2) is 0 Å². The Morgan fingerprint density at radius 1 is 1.38 bits per heavy atom. The molecule has 0 atom stereocenters. The maximum absolute atomic E-state index is 5.51. The van der Waals surface area contributed by atoms with E-state index in [0.717, 1.165) is 24.2 Å². The van der Waals surface area contributed by atoms with Gasteiger partial charge in [-0.25, -0.2) is 0 Å². The molecule has 0 fully saturated rings. The van der Waals surface area contributed by atoms with Gasteiger partial charge in [0.25, 0.3) is 0 Å². The lowest BCUT2D eigenvalue weighted by atomic mass is 10.2. The molecule has 90 valence electrons. The van der Waals surface area contributed by atoms with Gasteiger partial charge in [0, 0.05) is 23.3 Å². The lowest BCUT2D eigenvalue weighted by molar-refractivity contribution is 0.118. The van der Waals surface area contributed by atoms with E-state index < -0.39 is 0 Å². The molecule has 0 spiro atoms. The molecule has 0 aliphatic carbocycles. The minimum atomic E-state index is 0.606.